The van der Waals surface area contributed by atoms with Crippen LogP contribution in [0, 0.1) is 5.92 Å². The Morgan fingerprint density at radius 3 is 2.71 bits per heavy atom. The van der Waals surface area contributed by atoms with E-state index in [4.69, 9.17) is 16.3 Å². The van der Waals surface area contributed by atoms with Crippen molar-refractivity contribution >= 4 is 62.0 Å². The summed E-state index contributed by atoms with van der Waals surface area (Å²) in [4.78, 5) is 48.3. The van der Waals surface area contributed by atoms with Crippen molar-refractivity contribution in [3.63, 3.8) is 0 Å². The van der Waals surface area contributed by atoms with Gasteiger partial charge >= 0.3 is 6.18 Å². The molecular formula is C35H39ClF3N5O6S2. The van der Waals surface area contributed by atoms with Crippen LogP contribution in [0.15, 0.2) is 64.7 Å². The summed E-state index contributed by atoms with van der Waals surface area (Å²) in [6.45, 7) is -0.0301. The maximum absolute atomic E-state index is 14.5. The molecule has 6 aliphatic rings. The van der Waals surface area contributed by atoms with Crippen LogP contribution in [0.2, 0.25) is 0 Å². The second kappa shape index (κ2) is 14.4. The number of carbonyl (C=O) groups is 3. The lowest BCUT2D eigenvalue weighted by molar-refractivity contribution is -0.140. The fourth-order valence-electron chi connectivity index (χ4n) is 7.13. The predicted molar refractivity (Wildman–Crippen MR) is 191 cm³/mol. The summed E-state index contributed by atoms with van der Waals surface area (Å²) in [5, 5.41) is 6.07. The zero-order valence-electron chi connectivity index (χ0n) is 28.0. The Morgan fingerprint density at radius 1 is 1.13 bits per heavy atom. The third-order valence-corrected chi connectivity index (χ3v) is 13.4. The quantitative estimate of drug-likeness (QED) is 0.342. The van der Waals surface area contributed by atoms with Crippen molar-refractivity contribution in [2.75, 3.05) is 11.9 Å². The Bertz CT molecular complexity index is 1850. The number of halogens is 4. The van der Waals surface area contributed by atoms with Gasteiger partial charge < -0.3 is 20.3 Å². The van der Waals surface area contributed by atoms with Crippen molar-refractivity contribution in [1.29, 1.82) is 0 Å². The van der Waals surface area contributed by atoms with Crippen LogP contribution in [-0.2, 0) is 35.3 Å². The van der Waals surface area contributed by atoms with Crippen LogP contribution in [0.1, 0.15) is 63.4 Å². The molecule has 0 radical (unpaired) electrons. The van der Waals surface area contributed by atoms with E-state index < -0.39 is 74.4 Å². The molecule has 3 fully saturated rings. The molecule has 0 spiro atoms. The highest BCUT2D eigenvalue weighted by Crippen LogP contribution is 2.46. The highest BCUT2D eigenvalue weighted by Gasteiger charge is 2.62. The molecule has 7 rings (SSSR count). The number of nitrogens with zero attached hydrogens (tertiary/aromatic N) is 2. The maximum Gasteiger partial charge on any atom is 0.416 e. The molecule has 280 valence electrons. The van der Waals surface area contributed by atoms with Gasteiger partial charge in [0.2, 0.25) is 27.1 Å². The molecule has 2 unspecified atom stereocenters. The van der Waals surface area contributed by atoms with Gasteiger partial charge in [0.1, 0.15) is 23.7 Å². The normalized spacial score (nSPS) is 32.9. The highest BCUT2D eigenvalue weighted by molar-refractivity contribution is 8.14. The summed E-state index contributed by atoms with van der Waals surface area (Å²) in [6.07, 6.45) is 8.05. The molecule has 3 amide bonds. The molecule has 1 aromatic rings. The first-order valence-electron chi connectivity index (χ1n) is 17.5. The minimum absolute atomic E-state index is 0.0301. The Labute approximate surface area is 308 Å². The highest BCUT2D eigenvalue weighted by atomic mass is 35.5. The average molecular weight is 782 g/mol. The number of allylic oxidation sites excluding steroid dienone is 3. The summed E-state index contributed by atoms with van der Waals surface area (Å²) >= 11 is 7.55. The number of rotatable bonds is 6. The Morgan fingerprint density at radius 2 is 1.94 bits per heavy atom. The second-order valence-corrected chi connectivity index (χ2v) is 17.7. The van der Waals surface area contributed by atoms with E-state index in [1.165, 1.54) is 28.8 Å². The Balaban J connectivity index is 1.17. The number of nitrogens with one attached hydrogen (secondary N) is 3. The number of thioether (sulfide) groups is 1. The van der Waals surface area contributed by atoms with Crippen molar-refractivity contribution in [2.24, 2.45) is 10.9 Å². The largest absolute Gasteiger partial charge is 0.468 e. The van der Waals surface area contributed by atoms with E-state index in [9.17, 15) is 36.0 Å². The maximum atomic E-state index is 14.5. The minimum Gasteiger partial charge on any atom is -0.468 e. The number of sulfonamides is 1. The van der Waals surface area contributed by atoms with E-state index in [1.807, 2.05) is 24.3 Å². The van der Waals surface area contributed by atoms with E-state index in [0.717, 1.165) is 18.6 Å². The van der Waals surface area contributed by atoms with E-state index in [1.54, 1.807) is 6.08 Å². The number of fused-ring (bicyclic) bond motifs is 3. The molecule has 7 atom stereocenters. The molecule has 17 heteroatoms. The molecule has 3 N–H and O–H groups in total. The molecule has 11 nitrogen and oxygen atoms in total. The van der Waals surface area contributed by atoms with Gasteiger partial charge in [0.15, 0.2) is 0 Å². The second-order valence-electron chi connectivity index (χ2n) is 14.1. The van der Waals surface area contributed by atoms with Gasteiger partial charge in [0.25, 0.3) is 5.91 Å². The summed E-state index contributed by atoms with van der Waals surface area (Å²) in [5.41, 5.74) is -2.29. The number of hydrogen-bond donors (Lipinski definition) is 3. The molecule has 0 bridgehead atoms. The van der Waals surface area contributed by atoms with Crippen molar-refractivity contribution in [3.05, 3.63) is 65.2 Å². The monoisotopic (exact) mass is 781 g/mol. The predicted octanol–water partition coefficient (Wildman–Crippen LogP) is 5.01. The molecule has 3 aliphatic carbocycles. The standard InChI is InChI=1S/C35H39ClF3N5O6S2/c36-22-11-14-26-29(16-22)51-33(41-26)50-24-17-28-30(45)42-34(32(47)43-52(48,49)25-12-13-25)18-21(34)7-4-2-1-3-5-10-27(31(46)44(28)19-24)40-23-9-6-8-20(15-23)35(37,38)39/h4,6-9,11,14-16,21,24-29,40H,1-3,5,10,12-13,17-19H2,(H,42,45)(H,43,47)/b7-4-/t21-,24-,26?,27+,28+,29?,34-/m1/s1. The molecule has 3 heterocycles. The Hall–Kier alpha value is -3.50. The number of ether oxygens (including phenoxy) is 1. The van der Waals surface area contributed by atoms with E-state index in [2.05, 4.69) is 20.3 Å². The van der Waals surface area contributed by atoms with E-state index in [-0.39, 0.29) is 42.8 Å². The number of hydrogen-bond acceptors (Lipinski definition) is 9. The molecular weight excluding hydrogens is 743 g/mol. The van der Waals surface area contributed by atoms with Crippen LogP contribution in [0.5, 0.6) is 0 Å². The lowest BCUT2D eigenvalue weighted by atomic mass is 10.0. The molecule has 1 saturated heterocycles. The third kappa shape index (κ3) is 8.03. The number of alkyl halides is 3. The number of carbonyl (C=O) groups excluding carboxylic acids is 3. The first-order chi connectivity index (χ1) is 24.7. The fraction of sp³-hybridized carbons (Fsp3) is 0.543. The zero-order valence-corrected chi connectivity index (χ0v) is 30.4. The van der Waals surface area contributed by atoms with Gasteiger partial charge in [0.05, 0.1) is 28.6 Å². The smallest absolute Gasteiger partial charge is 0.416 e. The number of aliphatic imine (C=N–C) groups is 1. The third-order valence-electron chi connectivity index (χ3n) is 10.2. The van der Waals surface area contributed by atoms with Gasteiger partial charge in [0, 0.05) is 23.1 Å². The van der Waals surface area contributed by atoms with E-state index >= 15 is 0 Å². The van der Waals surface area contributed by atoms with Crippen LogP contribution < -0.4 is 15.4 Å². The molecule has 1 aromatic carbocycles. The van der Waals surface area contributed by atoms with Gasteiger partial charge in [-0.3, -0.25) is 19.1 Å². The molecule has 2 saturated carbocycles. The van der Waals surface area contributed by atoms with Crippen LogP contribution in [0.3, 0.4) is 0 Å². The lowest BCUT2D eigenvalue weighted by Crippen LogP contribution is -2.57. The van der Waals surface area contributed by atoms with Crippen molar-refractivity contribution in [3.8, 4) is 0 Å². The molecule has 3 aliphatic heterocycles. The average Bonchev–Trinajstić information content (AvgIpc) is 3.98. The van der Waals surface area contributed by atoms with Gasteiger partial charge in [-0.05, 0) is 68.9 Å². The number of benzene rings is 1. The number of amides is 3. The van der Waals surface area contributed by atoms with Crippen LogP contribution in [0.25, 0.3) is 0 Å². The topological polar surface area (TPSA) is 146 Å². The lowest BCUT2D eigenvalue weighted by Gasteiger charge is -2.30. The van der Waals surface area contributed by atoms with Crippen LogP contribution >= 0.6 is 23.4 Å². The van der Waals surface area contributed by atoms with Gasteiger partial charge in [-0.2, -0.15) is 13.2 Å². The zero-order chi connectivity index (χ0) is 36.8. The summed E-state index contributed by atoms with van der Waals surface area (Å²) < 4.78 is 74.7. The first-order valence-corrected chi connectivity index (χ1v) is 20.3. The van der Waals surface area contributed by atoms with E-state index in [0.29, 0.717) is 42.4 Å². The summed E-state index contributed by atoms with van der Waals surface area (Å²) in [6, 6.07) is 2.32. The molecule has 0 aromatic heterocycles. The number of anilines is 1. The molecule has 52 heavy (non-hydrogen) atoms. The van der Waals surface area contributed by atoms with Crippen molar-refractivity contribution in [2.45, 2.75) is 104 Å². The summed E-state index contributed by atoms with van der Waals surface area (Å²) in [5.74, 6) is -2.44. The van der Waals surface area contributed by atoms with Crippen LogP contribution in [0.4, 0.5) is 18.9 Å². The SMILES string of the molecule is O=C1N[C@]2(C(=O)NS(=O)(=O)C3CC3)C[C@H]2/C=C\CCCCC[C@H](Nc2cccc(C(F)(F)F)c2)C(=O)N2C[C@H](OC3=NC4C=CC(Cl)=CC4S3)C[C@@H]12. The minimum atomic E-state index is -4.59. The van der Waals surface area contributed by atoms with Crippen molar-refractivity contribution in [1.82, 2.24) is 14.9 Å². The van der Waals surface area contributed by atoms with Crippen molar-refractivity contribution < 1.29 is 40.7 Å². The van der Waals surface area contributed by atoms with Gasteiger partial charge in [-0.15, -0.1) is 0 Å². The van der Waals surface area contributed by atoms with Crippen LogP contribution in [-0.4, -0.2) is 83.1 Å². The summed E-state index contributed by atoms with van der Waals surface area (Å²) in [7, 11) is -3.91. The van der Waals surface area contributed by atoms with Gasteiger partial charge in [-0.1, -0.05) is 60.5 Å². The first kappa shape index (κ1) is 36.8. The van der Waals surface area contributed by atoms with Gasteiger partial charge in [-0.25, -0.2) is 13.4 Å². The Kier molecular flexibility index (Phi) is 10.2. The fourth-order valence-corrected chi connectivity index (χ4v) is 9.89.